The number of aliphatic hydroxyl groups is 1. The van der Waals surface area contributed by atoms with Gasteiger partial charge in [0.15, 0.2) is 0 Å². The van der Waals surface area contributed by atoms with Crippen molar-refractivity contribution >= 4 is 41.4 Å². The number of carbonyl (C=O) groups is 3. The minimum Gasteiger partial charge on any atom is -0.480 e. The topological polar surface area (TPSA) is 210 Å². The van der Waals surface area contributed by atoms with E-state index in [1.54, 1.807) is 23.5 Å². The second-order valence-corrected chi connectivity index (χ2v) is 7.03. The molecule has 0 spiro atoms. The highest BCUT2D eigenvalue weighted by atomic mass is 32.2. The maximum Gasteiger partial charge on any atom is 0.323 e. The minimum absolute atomic E-state index is 0.552. The van der Waals surface area contributed by atoms with Crippen LogP contribution >= 0.6 is 23.5 Å². The Kier molecular flexibility index (Phi) is 21.4. The van der Waals surface area contributed by atoms with Gasteiger partial charge < -0.3 is 37.6 Å². The number of rotatable bonds is 10. The first-order chi connectivity index (χ1) is 11.9. The van der Waals surface area contributed by atoms with Crippen molar-refractivity contribution in [2.45, 2.75) is 44.0 Å². The molecule has 0 saturated heterocycles. The molecule has 0 aromatic carbocycles. The summed E-state index contributed by atoms with van der Waals surface area (Å²) in [6, 6.07) is -2.52. The third-order valence-corrected chi connectivity index (χ3v) is 3.99. The molecule has 156 valence electrons. The maximum atomic E-state index is 10.1. The van der Waals surface area contributed by atoms with Gasteiger partial charge >= 0.3 is 17.9 Å². The molecule has 0 aliphatic rings. The third-order valence-electron chi connectivity index (χ3n) is 2.71. The van der Waals surface area contributed by atoms with Crippen LogP contribution in [0.2, 0.25) is 0 Å². The van der Waals surface area contributed by atoms with E-state index in [0.717, 1.165) is 11.5 Å². The molecule has 4 atom stereocenters. The lowest BCUT2D eigenvalue weighted by Crippen LogP contribution is -2.39. The van der Waals surface area contributed by atoms with E-state index in [2.05, 4.69) is 0 Å². The minimum atomic E-state index is -1.18. The molecule has 4 unspecified atom stereocenters. The molecule has 26 heavy (non-hydrogen) atoms. The van der Waals surface area contributed by atoms with Crippen molar-refractivity contribution in [3.63, 3.8) is 0 Å². The van der Waals surface area contributed by atoms with Crippen LogP contribution in [0.25, 0.3) is 0 Å². The van der Waals surface area contributed by atoms with Gasteiger partial charge in [-0.3, -0.25) is 14.4 Å². The fourth-order valence-electron chi connectivity index (χ4n) is 0.943. The fraction of sp³-hybridized carbons (Fsp3) is 0.786. The van der Waals surface area contributed by atoms with E-state index in [-0.39, 0.29) is 0 Å². The van der Waals surface area contributed by atoms with Crippen LogP contribution in [-0.2, 0) is 14.4 Å². The maximum absolute atomic E-state index is 10.1. The van der Waals surface area contributed by atoms with Crippen molar-refractivity contribution in [2.75, 3.05) is 24.0 Å². The van der Waals surface area contributed by atoms with Crippen LogP contribution in [0, 0.1) is 0 Å². The molecule has 0 aliphatic carbocycles. The Hall–Kier alpha value is -1.05. The molecule has 0 rings (SSSR count). The lowest BCUT2D eigenvalue weighted by molar-refractivity contribution is -0.141. The van der Waals surface area contributed by atoms with Gasteiger partial charge in [0.2, 0.25) is 0 Å². The standard InChI is InChI=1S/2C5H11NO2S.C4H9NO3/c2*1-9-3-2-4(6)5(7)8;1-2(6)3(5)4(7)8/h2*4H,2-3,6H2,1H3,(H,7,8);2-3,6H,5H2,1H3,(H,7,8). The highest BCUT2D eigenvalue weighted by Gasteiger charge is 2.16. The second kappa shape index (κ2) is 18.7. The van der Waals surface area contributed by atoms with Gasteiger partial charge in [0.1, 0.15) is 18.1 Å². The van der Waals surface area contributed by atoms with Crippen molar-refractivity contribution in [3.8, 4) is 0 Å². The number of thioether (sulfide) groups is 2. The zero-order valence-electron chi connectivity index (χ0n) is 15.2. The van der Waals surface area contributed by atoms with Crippen molar-refractivity contribution in [1.82, 2.24) is 0 Å². The number of hydrogen-bond donors (Lipinski definition) is 7. The van der Waals surface area contributed by atoms with Crippen molar-refractivity contribution < 1.29 is 34.8 Å². The fourth-order valence-corrected chi connectivity index (χ4v) is 1.92. The summed E-state index contributed by atoms with van der Waals surface area (Å²) in [5.74, 6) is -1.38. The molecule has 10 N–H and O–H groups in total. The molecular weight excluding hydrogens is 386 g/mol. The molecule has 0 heterocycles. The SMILES string of the molecule is CC(O)C(N)C(=O)O.CSCCC(N)C(=O)O.CSCCC(N)C(=O)O. The zero-order chi connectivity index (χ0) is 21.3. The number of aliphatic hydroxyl groups excluding tert-OH is 1. The van der Waals surface area contributed by atoms with Crippen LogP contribution in [0.15, 0.2) is 0 Å². The predicted molar refractivity (Wildman–Crippen MR) is 105 cm³/mol. The monoisotopic (exact) mass is 417 g/mol. The van der Waals surface area contributed by atoms with Crippen LogP contribution in [-0.4, -0.2) is 86.6 Å². The molecule has 0 fully saturated rings. The van der Waals surface area contributed by atoms with Gasteiger partial charge in [-0.05, 0) is 43.8 Å². The highest BCUT2D eigenvalue weighted by Crippen LogP contribution is 1.98. The van der Waals surface area contributed by atoms with Crippen LogP contribution in [0.5, 0.6) is 0 Å². The van der Waals surface area contributed by atoms with E-state index in [9.17, 15) is 14.4 Å². The van der Waals surface area contributed by atoms with Crippen LogP contribution < -0.4 is 17.2 Å². The van der Waals surface area contributed by atoms with Crippen LogP contribution in [0.1, 0.15) is 19.8 Å². The molecule has 10 nitrogen and oxygen atoms in total. The van der Waals surface area contributed by atoms with Gasteiger partial charge in [0, 0.05) is 0 Å². The summed E-state index contributed by atoms with van der Waals surface area (Å²) in [5.41, 5.74) is 15.3. The average molecular weight is 418 g/mol. The lowest BCUT2D eigenvalue weighted by atomic mass is 10.2. The van der Waals surface area contributed by atoms with Crippen molar-refractivity contribution in [3.05, 3.63) is 0 Å². The molecule has 0 saturated carbocycles. The van der Waals surface area contributed by atoms with E-state index in [0.29, 0.717) is 12.8 Å². The Bertz CT molecular complexity index is 377. The Morgan fingerprint density at radius 3 is 1.23 bits per heavy atom. The molecule has 0 amide bonds. The molecule has 0 bridgehead atoms. The summed E-state index contributed by atoms with van der Waals surface area (Å²) in [6.45, 7) is 1.33. The number of hydrogen-bond acceptors (Lipinski definition) is 9. The molecular formula is C14H31N3O7S2. The van der Waals surface area contributed by atoms with Crippen molar-refractivity contribution in [1.29, 1.82) is 0 Å². The molecule has 0 aromatic heterocycles. The van der Waals surface area contributed by atoms with Crippen LogP contribution in [0.4, 0.5) is 0 Å². The Morgan fingerprint density at radius 1 is 0.808 bits per heavy atom. The van der Waals surface area contributed by atoms with Gasteiger partial charge in [-0.2, -0.15) is 23.5 Å². The van der Waals surface area contributed by atoms with E-state index in [1.165, 1.54) is 6.92 Å². The first kappa shape index (κ1) is 29.7. The lowest BCUT2D eigenvalue weighted by Gasteiger charge is -2.06. The summed E-state index contributed by atoms with van der Waals surface area (Å²) in [5, 5.41) is 33.1. The van der Waals surface area contributed by atoms with Gasteiger partial charge in [-0.25, -0.2) is 0 Å². The molecule has 0 radical (unpaired) electrons. The van der Waals surface area contributed by atoms with Crippen molar-refractivity contribution in [2.24, 2.45) is 17.2 Å². The third kappa shape index (κ3) is 21.0. The number of aliphatic carboxylic acids is 3. The van der Waals surface area contributed by atoms with Gasteiger partial charge in [-0.1, -0.05) is 0 Å². The smallest absolute Gasteiger partial charge is 0.323 e. The first-order valence-electron chi connectivity index (χ1n) is 7.53. The summed E-state index contributed by atoms with van der Waals surface area (Å²) in [6.07, 6.45) is 3.98. The molecule has 0 aromatic rings. The summed E-state index contributed by atoms with van der Waals surface area (Å²) >= 11 is 3.21. The van der Waals surface area contributed by atoms with Gasteiger partial charge in [0.25, 0.3) is 0 Å². The van der Waals surface area contributed by atoms with E-state index >= 15 is 0 Å². The zero-order valence-corrected chi connectivity index (χ0v) is 16.8. The summed E-state index contributed by atoms with van der Waals surface area (Å²) in [7, 11) is 0. The van der Waals surface area contributed by atoms with Gasteiger partial charge in [-0.15, -0.1) is 0 Å². The van der Waals surface area contributed by atoms with E-state index in [1.807, 2.05) is 12.5 Å². The quantitative estimate of drug-likeness (QED) is 0.230. The number of nitrogens with two attached hydrogens (primary N) is 3. The summed E-state index contributed by atoms with van der Waals surface area (Å²) < 4.78 is 0. The Balaban J connectivity index is -0.000000306. The average Bonchev–Trinajstić information content (AvgIpc) is 2.57. The summed E-state index contributed by atoms with van der Waals surface area (Å²) in [4.78, 5) is 30.0. The Labute approximate surface area is 161 Å². The van der Waals surface area contributed by atoms with E-state index < -0.39 is 42.1 Å². The van der Waals surface area contributed by atoms with Crippen LogP contribution in [0.3, 0.4) is 0 Å². The predicted octanol–water partition coefficient (Wildman–Crippen LogP) is -0.918. The molecule has 0 aliphatic heterocycles. The number of carboxylic acid groups (broad SMARTS) is 3. The largest absolute Gasteiger partial charge is 0.480 e. The first-order valence-corrected chi connectivity index (χ1v) is 10.3. The number of carboxylic acids is 3. The highest BCUT2D eigenvalue weighted by molar-refractivity contribution is 7.98. The Morgan fingerprint density at radius 2 is 1.12 bits per heavy atom. The molecule has 12 heteroatoms. The normalized spacial score (nSPS) is 14.4. The second-order valence-electron chi connectivity index (χ2n) is 5.06. The van der Waals surface area contributed by atoms with E-state index in [4.69, 9.17) is 37.6 Å². The van der Waals surface area contributed by atoms with Gasteiger partial charge in [0.05, 0.1) is 6.10 Å².